The Labute approximate surface area is 111 Å². The minimum Gasteiger partial charge on any atom is -0.453 e. The lowest BCUT2D eigenvalue weighted by Crippen LogP contribution is -2.36. The second-order valence-corrected chi connectivity index (χ2v) is 5.26. The van der Waals surface area contributed by atoms with Crippen molar-refractivity contribution in [1.82, 2.24) is 5.32 Å². The van der Waals surface area contributed by atoms with Gasteiger partial charge in [0.1, 0.15) is 5.76 Å². The van der Waals surface area contributed by atoms with Gasteiger partial charge in [-0.2, -0.15) is 0 Å². The van der Waals surface area contributed by atoms with Crippen LogP contribution in [-0.4, -0.2) is 19.3 Å². The Morgan fingerprint density at radius 3 is 2.94 bits per heavy atom. The zero-order valence-electron chi connectivity index (χ0n) is 10.2. The van der Waals surface area contributed by atoms with Gasteiger partial charge in [0, 0.05) is 6.61 Å². The molecule has 1 fully saturated rings. The topological polar surface area (TPSA) is 34.4 Å². The van der Waals surface area contributed by atoms with Gasteiger partial charge in [-0.1, -0.05) is 6.92 Å². The SMILES string of the molecule is CCCNC(c1ccc(Br)o1)C1CCCCO1. The number of furan rings is 1. The molecule has 1 aromatic rings. The monoisotopic (exact) mass is 301 g/mol. The Bertz CT molecular complexity index is 334. The largest absolute Gasteiger partial charge is 0.453 e. The molecule has 1 N–H and O–H groups in total. The molecular weight excluding hydrogens is 282 g/mol. The third-order valence-electron chi connectivity index (χ3n) is 3.10. The standard InChI is InChI=1S/C13H20BrNO2/c1-2-8-15-13(10-5-3-4-9-16-10)11-6-7-12(14)17-11/h6-7,10,13,15H,2-5,8-9H2,1H3. The molecule has 96 valence electrons. The molecule has 2 rings (SSSR count). The van der Waals surface area contributed by atoms with Crippen LogP contribution in [0.5, 0.6) is 0 Å². The molecule has 0 aliphatic carbocycles. The zero-order chi connectivity index (χ0) is 12.1. The smallest absolute Gasteiger partial charge is 0.169 e. The third kappa shape index (κ3) is 3.57. The van der Waals surface area contributed by atoms with E-state index in [9.17, 15) is 0 Å². The summed E-state index contributed by atoms with van der Waals surface area (Å²) in [5.41, 5.74) is 0. The Kier molecular flexibility index (Phi) is 5.07. The van der Waals surface area contributed by atoms with E-state index < -0.39 is 0 Å². The second-order valence-electron chi connectivity index (χ2n) is 4.48. The van der Waals surface area contributed by atoms with Crippen molar-refractivity contribution in [3.8, 4) is 0 Å². The Morgan fingerprint density at radius 2 is 2.35 bits per heavy atom. The summed E-state index contributed by atoms with van der Waals surface area (Å²) in [6.07, 6.45) is 4.90. The fourth-order valence-corrected chi connectivity index (χ4v) is 2.56. The van der Waals surface area contributed by atoms with Crippen LogP contribution in [0.15, 0.2) is 21.2 Å². The van der Waals surface area contributed by atoms with Crippen LogP contribution in [-0.2, 0) is 4.74 Å². The molecule has 0 aromatic carbocycles. The fourth-order valence-electron chi connectivity index (χ4n) is 2.24. The first-order valence-electron chi connectivity index (χ1n) is 6.41. The first kappa shape index (κ1) is 13.1. The summed E-state index contributed by atoms with van der Waals surface area (Å²) in [5.74, 6) is 0.970. The highest BCUT2D eigenvalue weighted by molar-refractivity contribution is 9.10. The molecule has 1 saturated heterocycles. The van der Waals surface area contributed by atoms with E-state index >= 15 is 0 Å². The van der Waals surface area contributed by atoms with Gasteiger partial charge < -0.3 is 14.5 Å². The molecular formula is C13H20BrNO2. The first-order valence-corrected chi connectivity index (χ1v) is 7.20. The maximum atomic E-state index is 5.86. The molecule has 2 heterocycles. The molecule has 2 unspecified atom stereocenters. The van der Waals surface area contributed by atoms with Gasteiger partial charge in [-0.15, -0.1) is 0 Å². The molecule has 17 heavy (non-hydrogen) atoms. The minimum absolute atomic E-state index is 0.182. The molecule has 4 heteroatoms. The summed E-state index contributed by atoms with van der Waals surface area (Å²) in [7, 11) is 0. The van der Waals surface area contributed by atoms with Crippen molar-refractivity contribution in [2.75, 3.05) is 13.2 Å². The average Bonchev–Trinajstić information content (AvgIpc) is 2.78. The fraction of sp³-hybridized carbons (Fsp3) is 0.692. The van der Waals surface area contributed by atoms with Gasteiger partial charge >= 0.3 is 0 Å². The van der Waals surface area contributed by atoms with Gasteiger partial charge in [0.25, 0.3) is 0 Å². The van der Waals surface area contributed by atoms with Crippen LogP contribution in [0.1, 0.15) is 44.4 Å². The highest BCUT2D eigenvalue weighted by Gasteiger charge is 2.27. The summed E-state index contributed by atoms with van der Waals surface area (Å²) in [6, 6.07) is 4.15. The lowest BCUT2D eigenvalue weighted by molar-refractivity contribution is -0.0127. The molecule has 1 aromatic heterocycles. The van der Waals surface area contributed by atoms with Crippen molar-refractivity contribution < 1.29 is 9.15 Å². The lowest BCUT2D eigenvalue weighted by Gasteiger charge is -2.30. The quantitative estimate of drug-likeness (QED) is 0.901. The first-order chi connectivity index (χ1) is 8.31. The van der Waals surface area contributed by atoms with Gasteiger partial charge in [0.2, 0.25) is 0 Å². The second kappa shape index (κ2) is 6.57. The van der Waals surface area contributed by atoms with E-state index in [4.69, 9.17) is 9.15 Å². The van der Waals surface area contributed by atoms with E-state index in [2.05, 4.69) is 28.2 Å². The normalized spacial score (nSPS) is 22.6. The summed E-state index contributed by atoms with van der Waals surface area (Å²) in [4.78, 5) is 0. The highest BCUT2D eigenvalue weighted by atomic mass is 79.9. The van der Waals surface area contributed by atoms with Crippen LogP contribution in [0.2, 0.25) is 0 Å². The molecule has 1 aliphatic rings. The molecule has 0 spiro atoms. The van der Waals surface area contributed by atoms with Crippen LogP contribution >= 0.6 is 15.9 Å². The predicted octanol–water partition coefficient (Wildman–Crippen LogP) is 3.65. The van der Waals surface area contributed by atoms with E-state index in [-0.39, 0.29) is 12.1 Å². The van der Waals surface area contributed by atoms with Crippen molar-refractivity contribution in [3.63, 3.8) is 0 Å². The number of hydrogen-bond donors (Lipinski definition) is 1. The molecule has 1 aliphatic heterocycles. The van der Waals surface area contributed by atoms with Crippen molar-refractivity contribution in [3.05, 3.63) is 22.6 Å². The van der Waals surface area contributed by atoms with E-state index in [1.54, 1.807) is 0 Å². The molecule has 2 atom stereocenters. The number of halogens is 1. The summed E-state index contributed by atoms with van der Waals surface area (Å²) >= 11 is 3.36. The van der Waals surface area contributed by atoms with Crippen LogP contribution < -0.4 is 5.32 Å². The summed E-state index contributed by atoms with van der Waals surface area (Å²) in [5, 5.41) is 3.53. The molecule has 0 amide bonds. The minimum atomic E-state index is 0.182. The van der Waals surface area contributed by atoms with E-state index in [1.165, 1.54) is 12.8 Å². The van der Waals surface area contributed by atoms with Crippen LogP contribution in [0.4, 0.5) is 0 Å². The van der Waals surface area contributed by atoms with Crippen LogP contribution in [0.3, 0.4) is 0 Å². The number of rotatable bonds is 5. The summed E-state index contributed by atoms with van der Waals surface area (Å²) in [6.45, 7) is 4.03. The molecule has 0 bridgehead atoms. The van der Waals surface area contributed by atoms with Gasteiger partial charge in [-0.05, 0) is 60.3 Å². The summed E-state index contributed by atoms with van der Waals surface area (Å²) < 4.78 is 12.3. The van der Waals surface area contributed by atoms with Crippen LogP contribution in [0.25, 0.3) is 0 Å². The average molecular weight is 302 g/mol. The van der Waals surface area contributed by atoms with E-state index in [0.29, 0.717) is 0 Å². The lowest BCUT2D eigenvalue weighted by atomic mass is 10.00. The Balaban J connectivity index is 2.06. The molecule has 3 nitrogen and oxygen atoms in total. The van der Waals surface area contributed by atoms with Crippen LogP contribution in [0, 0.1) is 0 Å². The predicted molar refractivity (Wildman–Crippen MR) is 71.0 cm³/mol. The maximum absolute atomic E-state index is 5.86. The zero-order valence-corrected chi connectivity index (χ0v) is 11.8. The number of ether oxygens (including phenoxy) is 1. The Hall–Kier alpha value is -0.320. The molecule has 0 saturated carbocycles. The number of nitrogens with one attached hydrogen (secondary N) is 1. The third-order valence-corrected chi connectivity index (χ3v) is 3.53. The van der Waals surface area contributed by atoms with Gasteiger partial charge in [0.15, 0.2) is 4.67 Å². The molecule has 0 radical (unpaired) electrons. The van der Waals surface area contributed by atoms with E-state index in [0.717, 1.165) is 36.4 Å². The van der Waals surface area contributed by atoms with Crippen molar-refractivity contribution in [2.45, 2.75) is 44.8 Å². The van der Waals surface area contributed by atoms with Crippen molar-refractivity contribution >= 4 is 15.9 Å². The maximum Gasteiger partial charge on any atom is 0.169 e. The number of hydrogen-bond acceptors (Lipinski definition) is 3. The highest BCUT2D eigenvalue weighted by Crippen LogP contribution is 2.29. The van der Waals surface area contributed by atoms with Crippen molar-refractivity contribution in [1.29, 1.82) is 0 Å². The van der Waals surface area contributed by atoms with Crippen molar-refractivity contribution in [2.24, 2.45) is 0 Å². The van der Waals surface area contributed by atoms with Gasteiger partial charge in [0.05, 0.1) is 12.1 Å². The van der Waals surface area contributed by atoms with Gasteiger partial charge in [-0.25, -0.2) is 0 Å². The Morgan fingerprint density at radius 1 is 1.47 bits per heavy atom. The van der Waals surface area contributed by atoms with Gasteiger partial charge in [-0.3, -0.25) is 0 Å². The van der Waals surface area contributed by atoms with E-state index in [1.807, 2.05) is 12.1 Å².